The molecule has 1 amide bonds. The summed E-state index contributed by atoms with van der Waals surface area (Å²) in [6, 6.07) is 5.56. The number of hydrogen-bond acceptors (Lipinski definition) is 4. The Morgan fingerprint density at radius 1 is 1.41 bits per heavy atom. The first kappa shape index (κ1) is 14.6. The van der Waals surface area contributed by atoms with Crippen molar-refractivity contribution in [1.29, 1.82) is 0 Å². The maximum Gasteiger partial charge on any atom is 0.239 e. The number of benzene rings is 1. The molecule has 2 heterocycles. The zero-order valence-electron chi connectivity index (χ0n) is 12.1. The van der Waals surface area contributed by atoms with Crippen LogP contribution >= 0.6 is 0 Å². The van der Waals surface area contributed by atoms with Crippen molar-refractivity contribution < 1.29 is 9.18 Å². The van der Waals surface area contributed by atoms with E-state index in [9.17, 15) is 9.18 Å². The third kappa shape index (κ3) is 2.99. The number of amides is 1. The molecule has 0 saturated carbocycles. The SMILES string of the molecule is NC(=O)[C@@H](c1ccc(F)cc1)N1CCC[C@H]1Cn1cncn1. The maximum atomic E-state index is 13.1. The molecule has 1 fully saturated rings. The lowest BCUT2D eigenvalue weighted by atomic mass is 10.0. The molecule has 0 spiro atoms. The minimum atomic E-state index is -0.545. The van der Waals surface area contributed by atoms with Gasteiger partial charge in [0.05, 0.1) is 6.54 Å². The number of halogens is 1. The molecule has 1 aliphatic heterocycles. The van der Waals surface area contributed by atoms with Crippen LogP contribution in [0.2, 0.25) is 0 Å². The van der Waals surface area contributed by atoms with Gasteiger partial charge in [-0.3, -0.25) is 14.4 Å². The van der Waals surface area contributed by atoms with Gasteiger partial charge in [-0.15, -0.1) is 0 Å². The highest BCUT2D eigenvalue weighted by molar-refractivity contribution is 5.81. The Balaban J connectivity index is 1.83. The fraction of sp³-hybridized carbons (Fsp3) is 0.400. The van der Waals surface area contributed by atoms with E-state index in [0.29, 0.717) is 6.54 Å². The summed E-state index contributed by atoms with van der Waals surface area (Å²) in [6.07, 6.45) is 5.10. The van der Waals surface area contributed by atoms with Crippen LogP contribution in [-0.2, 0) is 11.3 Å². The van der Waals surface area contributed by atoms with Gasteiger partial charge in [0.1, 0.15) is 24.5 Å². The van der Waals surface area contributed by atoms with Crippen LogP contribution in [-0.4, -0.2) is 38.2 Å². The summed E-state index contributed by atoms with van der Waals surface area (Å²) < 4.78 is 14.9. The molecular formula is C15H18FN5O. The monoisotopic (exact) mass is 303 g/mol. The first-order valence-electron chi connectivity index (χ1n) is 7.28. The predicted octanol–water partition coefficient (Wildman–Crippen LogP) is 1.11. The van der Waals surface area contributed by atoms with Crippen LogP contribution in [0.1, 0.15) is 24.4 Å². The Kier molecular flexibility index (Phi) is 4.15. The van der Waals surface area contributed by atoms with Crippen LogP contribution in [0, 0.1) is 5.82 Å². The zero-order chi connectivity index (χ0) is 15.5. The molecule has 0 radical (unpaired) electrons. The van der Waals surface area contributed by atoms with Gasteiger partial charge in [0.2, 0.25) is 5.91 Å². The smallest absolute Gasteiger partial charge is 0.239 e. The van der Waals surface area contributed by atoms with Crippen LogP contribution in [0.5, 0.6) is 0 Å². The van der Waals surface area contributed by atoms with Crippen LogP contribution in [0.25, 0.3) is 0 Å². The molecule has 1 saturated heterocycles. The highest BCUT2D eigenvalue weighted by atomic mass is 19.1. The Morgan fingerprint density at radius 3 is 2.82 bits per heavy atom. The predicted molar refractivity (Wildman–Crippen MR) is 78.1 cm³/mol. The number of rotatable bonds is 5. The van der Waals surface area contributed by atoms with E-state index in [0.717, 1.165) is 24.9 Å². The molecule has 2 atom stereocenters. The van der Waals surface area contributed by atoms with E-state index in [1.54, 1.807) is 23.1 Å². The molecule has 1 aromatic carbocycles. The second kappa shape index (κ2) is 6.23. The summed E-state index contributed by atoms with van der Waals surface area (Å²) in [6.45, 7) is 1.44. The van der Waals surface area contributed by atoms with Gasteiger partial charge in [-0.25, -0.2) is 9.37 Å². The molecule has 0 aliphatic carbocycles. The van der Waals surface area contributed by atoms with Gasteiger partial charge >= 0.3 is 0 Å². The molecule has 0 bridgehead atoms. The van der Waals surface area contributed by atoms with Gasteiger partial charge in [0, 0.05) is 6.04 Å². The molecule has 1 aliphatic rings. The number of likely N-dealkylation sites (tertiary alicyclic amines) is 1. The lowest BCUT2D eigenvalue weighted by Crippen LogP contribution is -2.42. The lowest BCUT2D eigenvalue weighted by Gasteiger charge is -2.31. The highest BCUT2D eigenvalue weighted by Gasteiger charge is 2.35. The number of hydrogen-bond donors (Lipinski definition) is 1. The molecule has 116 valence electrons. The quantitative estimate of drug-likeness (QED) is 0.897. The zero-order valence-corrected chi connectivity index (χ0v) is 12.1. The summed E-state index contributed by atoms with van der Waals surface area (Å²) in [5.41, 5.74) is 6.33. The molecule has 3 rings (SSSR count). The summed E-state index contributed by atoms with van der Waals surface area (Å²) in [7, 11) is 0. The van der Waals surface area contributed by atoms with Crippen molar-refractivity contribution in [3.05, 3.63) is 48.3 Å². The number of carbonyl (C=O) groups excluding carboxylic acids is 1. The van der Waals surface area contributed by atoms with Gasteiger partial charge in [-0.05, 0) is 37.1 Å². The highest BCUT2D eigenvalue weighted by Crippen LogP contribution is 2.30. The Bertz CT molecular complexity index is 628. The van der Waals surface area contributed by atoms with E-state index in [1.165, 1.54) is 18.5 Å². The number of carbonyl (C=O) groups is 1. The topological polar surface area (TPSA) is 77.0 Å². The van der Waals surface area contributed by atoms with E-state index < -0.39 is 11.9 Å². The van der Waals surface area contributed by atoms with Gasteiger partial charge in [0.15, 0.2) is 0 Å². The van der Waals surface area contributed by atoms with Gasteiger partial charge in [-0.2, -0.15) is 5.10 Å². The number of nitrogens with two attached hydrogens (primary N) is 1. The summed E-state index contributed by atoms with van der Waals surface area (Å²) in [4.78, 5) is 18.0. The van der Waals surface area contributed by atoms with Crippen molar-refractivity contribution in [1.82, 2.24) is 19.7 Å². The van der Waals surface area contributed by atoms with Crippen LogP contribution < -0.4 is 5.73 Å². The van der Waals surface area contributed by atoms with Crippen molar-refractivity contribution in [2.24, 2.45) is 5.73 Å². The second-order valence-electron chi connectivity index (χ2n) is 5.51. The van der Waals surface area contributed by atoms with E-state index in [-0.39, 0.29) is 11.9 Å². The second-order valence-corrected chi connectivity index (χ2v) is 5.51. The van der Waals surface area contributed by atoms with Crippen LogP contribution in [0.15, 0.2) is 36.9 Å². The summed E-state index contributed by atoms with van der Waals surface area (Å²) >= 11 is 0. The summed E-state index contributed by atoms with van der Waals surface area (Å²) in [5, 5.41) is 4.12. The maximum absolute atomic E-state index is 13.1. The molecule has 0 unspecified atom stereocenters. The molecule has 22 heavy (non-hydrogen) atoms. The molecule has 6 nitrogen and oxygen atoms in total. The third-order valence-electron chi connectivity index (χ3n) is 4.07. The number of primary amides is 1. The lowest BCUT2D eigenvalue weighted by molar-refractivity contribution is -0.124. The van der Waals surface area contributed by atoms with E-state index >= 15 is 0 Å². The molecule has 7 heteroatoms. The van der Waals surface area contributed by atoms with Crippen LogP contribution in [0.3, 0.4) is 0 Å². The minimum Gasteiger partial charge on any atom is -0.368 e. The Morgan fingerprint density at radius 2 is 2.18 bits per heavy atom. The largest absolute Gasteiger partial charge is 0.368 e. The molecule has 2 N–H and O–H groups in total. The van der Waals surface area contributed by atoms with Crippen molar-refractivity contribution in [2.45, 2.75) is 31.5 Å². The van der Waals surface area contributed by atoms with E-state index in [1.807, 2.05) is 0 Å². The average molecular weight is 303 g/mol. The van der Waals surface area contributed by atoms with Crippen LogP contribution in [0.4, 0.5) is 4.39 Å². The van der Waals surface area contributed by atoms with Crippen molar-refractivity contribution in [3.63, 3.8) is 0 Å². The first-order valence-corrected chi connectivity index (χ1v) is 7.28. The minimum absolute atomic E-state index is 0.157. The normalized spacial score (nSPS) is 20.1. The van der Waals surface area contributed by atoms with Gasteiger partial charge in [0.25, 0.3) is 0 Å². The number of aromatic nitrogens is 3. The van der Waals surface area contributed by atoms with Gasteiger partial charge in [-0.1, -0.05) is 12.1 Å². The molecule has 2 aromatic rings. The average Bonchev–Trinajstić information content (AvgIpc) is 3.14. The van der Waals surface area contributed by atoms with Crippen molar-refractivity contribution in [3.8, 4) is 0 Å². The van der Waals surface area contributed by atoms with Crippen molar-refractivity contribution >= 4 is 5.91 Å². The fourth-order valence-corrected chi connectivity index (χ4v) is 3.10. The van der Waals surface area contributed by atoms with E-state index in [2.05, 4.69) is 15.0 Å². The molecular weight excluding hydrogens is 285 g/mol. The number of nitrogens with zero attached hydrogens (tertiary/aromatic N) is 4. The third-order valence-corrected chi connectivity index (χ3v) is 4.07. The summed E-state index contributed by atoms with van der Waals surface area (Å²) in [5.74, 6) is -0.746. The molecule has 1 aromatic heterocycles. The Hall–Kier alpha value is -2.28. The van der Waals surface area contributed by atoms with E-state index in [4.69, 9.17) is 5.73 Å². The fourth-order valence-electron chi connectivity index (χ4n) is 3.10. The van der Waals surface area contributed by atoms with Gasteiger partial charge < -0.3 is 5.73 Å². The Labute approximate surface area is 127 Å². The van der Waals surface area contributed by atoms with Crippen molar-refractivity contribution in [2.75, 3.05) is 6.54 Å². The first-order chi connectivity index (χ1) is 10.6. The standard InChI is InChI=1S/C15H18FN5O/c16-12-5-3-11(4-6-12)14(15(17)22)21-7-1-2-13(21)8-20-10-18-9-19-20/h3-6,9-10,13-14H,1-2,7-8H2,(H2,17,22)/t13-,14+/m0/s1.